The zero-order valence-corrected chi connectivity index (χ0v) is 14.3. The molecule has 0 bridgehead atoms. The number of hydrogen-bond acceptors (Lipinski definition) is 5. The molecule has 0 fully saturated rings. The number of sulfonamides is 1. The van der Waals surface area contributed by atoms with E-state index in [4.69, 9.17) is 9.47 Å². The Labute approximate surface area is 145 Å². The third-order valence-corrected chi connectivity index (χ3v) is 5.41. The van der Waals surface area contributed by atoms with Crippen molar-refractivity contribution in [3.8, 4) is 11.5 Å². The van der Waals surface area contributed by atoms with Gasteiger partial charge in [-0.05, 0) is 42.3 Å². The van der Waals surface area contributed by atoms with Crippen LogP contribution in [-0.2, 0) is 16.4 Å². The molecule has 130 valence electrons. The summed E-state index contributed by atoms with van der Waals surface area (Å²) in [5, 5.41) is 2.79. The lowest BCUT2D eigenvalue weighted by Gasteiger charge is -2.17. The zero-order valence-electron chi connectivity index (χ0n) is 13.5. The van der Waals surface area contributed by atoms with Gasteiger partial charge >= 0.3 is 0 Å². The molecule has 0 radical (unpaired) electrons. The predicted octanol–water partition coefficient (Wildman–Crippen LogP) is 1.99. The standard InChI is InChI=1S/C17H16N2O5S/c1-25(21,22)19-7-6-11-2-4-13(9-14(11)19)18-17(20)12-3-5-15-16(8-12)24-10-23-15/h2-5,8-9H,6-7,10H2,1H3,(H,18,20). The summed E-state index contributed by atoms with van der Waals surface area (Å²) in [6.07, 6.45) is 1.85. The van der Waals surface area contributed by atoms with Crippen LogP contribution in [0.1, 0.15) is 15.9 Å². The van der Waals surface area contributed by atoms with E-state index in [2.05, 4.69) is 5.32 Å². The molecule has 1 amide bonds. The molecule has 0 saturated carbocycles. The second-order valence-corrected chi connectivity index (χ2v) is 7.86. The number of carbonyl (C=O) groups excluding carboxylic acids is 1. The third kappa shape index (κ3) is 2.89. The SMILES string of the molecule is CS(=O)(=O)N1CCc2ccc(NC(=O)c3ccc4c(c3)OCO4)cc21. The number of hydrogen-bond donors (Lipinski definition) is 1. The Hall–Kier alpha value is -2.74. The van der Waals surface area contributed by atoms with E-state index in [0.717, 1.165) is 5.56 Å². The van der Waals surface area contributed by atoms with Crippen molar-refractivity contribution in [2.45, 2.75) is 6.42 Å². The van der Waals surface area contributed by atoms with Crippen molar-refractivity contribution in [2.75, 3.05) is 29.2 Å². The van der Waals surface area contributed by atoms with Crippen LogP contribution in [0, 0.1) is 0 Å². The quantitative estimate of drug-likeness (QED) is 0.905. The van der Waals surface area contributed by atoms with Crippen LogP contribution >= 0.6 is 0 Å². The van der Waals surface area contributed by atoms with Gasteiger partial charge in [0.2, 0.25) is 16.8 Å². The largest absolute Gasteiger partial charge is 0.454 e. The number of ether oxygens (including phenoxy) is 2. The molecule has 0 aliphatic carbocycles. The first kappa shape index (κ1) is 15.8. The average molecular weight is 360 g/mol. The van der Waals surface area contributed by atoms with E-state index in [1.165, 1.54) is 10.6 Å². The first-order chi connectivity index (χ1) is 11.9. The highest BCUT2D eigenvalue weighted by molar-refractivity contribution is 7.92. The van der Waals surface area contributed by atoms with Crippen LogP contribution in [0.3, 0.4) is 0 Å². The van der Waals surface area contributed by atoms with Gasteiger partial charge in [-0.25, -0.2) is 8.42 Å². The van der Waals surface area contributed by atoms with Gasteiger partial charge in [-0.15, -0.1) is 0 Å². The van der Waals surface area contributed by atoms with E-state index < -0.39 is 10.0 Å². The van der Waals surface area contributed by atoms with Gasteiger partial charge in [0.05, 0.1) is 11.9 Å². The summed E-state index contributed by atoms with van der Waals surface area (Å²) in [6.45, 7) is 0.570. The fourth-order valence-electron chi connectivity index (χ4n) is 3.01. The lowest BCUT2D eigenvalue weighted by Crippen LogP contribution is -2.27. The van der Waals surface area contributed by atoms with Crippen molar-refractivity contribution < 1.29 is 22.7 Å². The second kappa shape index (κ2) is 5.66. The van der Waals surface area contributed by atoms with Crippen molar-refractivity contribution in [3.63, 3.8) is 0 Å². The van der Waals surface area contributed by atoms with E-state index >= 15 is 0 Å². The zero-order chi connectivity index (χ0) is 17.6. The summed E-state index contributed by atoms with van der Waals surface area (Å²) in [4.78, 5) is 12.5. The minimum absolute atomic E-state index is 0.145. The number of amides is 1. The summed E-state index contributed by atoms with van der Waals surface area (Å²) >= 11 is 0. The van der Waals surface area contributed by atoms with Crippen molar-refractivity contribution in [1.29, 1.82) is 0 Å². The molecule has 7 nitrogen and oxygen atoms in total. The molecular weight excluding hydrogens is 344 g/mol. The molecule has 0 spiro atoms. The van der Waals surface area contributed by atoms with Crippen molar-refractivity contribution >= 4 is 27.3 Å². The molecule has 2 heterocycles. The summed E-state index contributed by atoms with van der Waals surface area (Å²) in [6, 6.07) is 10.3. The second-order valence-electron chi connectivity index (χ2n) is 5.95. The first-order valence-electron chi connectivity index (χ1n) is 7.73. The summed E-state index contributed by atoms with van der Waals surface area (Å²) in [5.41, 5.74) is 2.54. The molecule has 0 aromatic heterocycles. The van der Waals surface area contributed by atoms with Crippen LogP contribution in [0.2, 0.25) is 0 Å². The number of nitrogens with zero attached hydrogens (tertiary/aromatic N) is 1. The first-order valence-corrected chi connectivity index (χ1v) is 9.58. The van der Waals surface area contributed by atoms with Crippen LogP contribution in [0.4, 0.5) is 11.4 Å². The third-order valence-electron chi connectivity index (χ3n) is 4.23. The van der Waals surface area contributed by atoms with E-state index in [9.17, 15) is 13.2 Å². The van der Waals surface area contributed by atoms with E-state index in [1.54, 1.807) is 30.3 Å². The van der Waals surface area contributed by atoms with Crippen molar-refractivity contribution in [2.24, 2.45) is 0 Å². The Morgan fingerprint density at radius 2 is 1.92 bits per heavy atom. The molecule has 0 saturated heterocycles. The fraction of sp³-hybridized carbons (Fsp3) is 0.235. The van der Waals surface area contributed by atoms with Crippen LogP contribution in [0.15, 0.2) is 36.4 Å². The fourth-order valence-corrected chi connectivity index (χ4v) is 3.96. The summed E-state index contributed by atoms with van der Waals surface area (Å²) in [5.74, 6) is 0.838. The van der Waals surface area contributed by atoms with Crippen molar-refractivity contribution in [3.05, 3.63) is 47.5 Å². The molecule has 25 heavy (non-hydrogen) atoms. The number of rotatable bonds is 3. The lowest BCUT2D eigenvalue weighted by molar-refractivity contribution is 0.102. The predicted molar refractivity (Wildman–Crippen MR) is 92.9 cm³/mol. The van der Waals surface area contributed by atoms with Gasteiger partial charge in [-0.3, -0.25) is 9.10 Å². The number of fused-ring (bicyclic) bond motifs is 2. The van der Waals surface area contributed by atoms with Gasteiger partial charge in [-0.2, -0.15) is 0 Å². The molecule has 2 aromatic carbocycles. The molecule has 0 unspecified atom stereocenters. The Morgan fingerprint density at radius 1 is 1.12 bits per heavy atom. The molecular formula is C17H16N2O5S. The lowest BCUT2D eigenvalue weighted by atomic mass is 10.1. The number of carbonyl (C=O) groups is 1. The molecule has 2 aliphatic rings. The van der Waals surface area contributed by atoms with Crippen LogP contribution in [0.5, 0.6) is 11.5 Å². The normalized spacial score (nSPS) is 15.2. The molecule has 1 N–H and O–H groups in total. The van der Waals surface area contributed by atoms with E-state index in [-0.39, 0.29) is 12.7 Å². The summed E-state index contributed by atoms with van der Waals surface area (Å²) in [7, 11) is -3.33. The molecule has 4 rings (SSSR count). The van der Waals surface area contributed by atoms with Gasteiger partial charge in [-0.1, -0.05) is 6.07 Å². The van der Waals surface area contributed by atoms with Gasteiger partial charge in [0.15, 0.2) is 11.5 Å². The molecule has 2 aromatic rings. The van der Waals surface area contributed by atoms with Gasteiger partial charge < -0.3 is 14.8 Å². The minimum Gasteiger partial charge on any atom is -0.454 e. The van der Waals surface area contributed by atoms with Gasteiger partial charge in [0.25, 0.3) is 5.91 Å². The van der Waals surface area contributed by atoms with Crippen molar-refractivity contribution in [1.82, 2.24) is 0 Å². The molecule has 2 aliphatic heterocycles. The monoisotopic (exact) mass is 360 g/mol. The maximum absolute atomic E-state index is 12.5. The number of benzene rings is 2. The Kier molecular flexibility index (Phi) is 3.57. The van der Waals surface area contributed by atoms with Crippen LogP contribution in [0.25, 0.3) is 0 Å². The summed E-state index contributed by atoms with van der Waals surface area (Å²) < 4.78 is 35.6. The highest BCUT2D eigenvalue weighted by atomic mass is 32.2. The molecule has 0 atom stereocenters. The average Bonchev–Trinajstić information content (AvgIpc) is 3.19. The Bertz CT molecular complexity index is 971. The number of anilines is 2. The highest BCUT2D eigenvalue weighted by Crippen LogP contribution is 2.34. The van der Waals surface area contributed by atoms with E-state index in [0.29, 0.717) is 41.4 Å². The minimum atomic E-state index is -3.33. The maximum atomic E-state index is 12.5. The van der Waals surface area contributed by atoms with E-state index in [1.807, 2.05) is 6.07 Å². The van der Waals surface area contributed by atoms with Gasteiger partial charge in [0, 0.05) is 17.8 Å². The Morgan fingerprint density at radius 3 is 2.72 bits per heavy atom. The highest BCUT2D eigenvalue weighted by Gasteiger charge is 2.26. The smallest absolute Gasteiger partial charge is 0.255 e. The maximum Gasteiger partial charge on any atom is 0.255 e. The van der Waals surface area contributed by atoms with Crippen LogP contribution in [-0.4, -0.2) is 33.9 Å². The van der Waals surface area contributed by atoms with Crippen LogP contribution < -0.4 is 19.1 Å². The van der Waals surface area contributed by atoms with Gasteiger partial charge in [0.1, 0.15) is 0 Å². The Balaban J connectivity index is 1.58. The number of nitrogens with one attached hydrogen (secondary N) is 1. The topological polar surface area (TPSA) is 84.9 Å². The molecule has 8 heteroatoms.